The highest BCUT2D eigenvalue weighted by Gasteiger charge is 2.32. The van der Waals surface area contributed by atoms with Crippen molar-refractivity contribution in [2.24, 2.45) is 0 Å². The third-order valence-electron chi connectivity index (χ3n) is 4.14. The number of sulfone groups is 1. The zero-order chi connectivity index (χ0) is 19.4. The minimum atomic E-state index is -3.90. The second-order valence-electron chi connectivity index (χ2n) is 6.08. The van der Waals surface area contributed by atoms with Crippen molar-refractivity contribution in [1.82, 2.24) is 5.32 Å². The van der Waals surface area contributed by atoms with Crippen molar-refractivity contribution in [3.8, 4) is 0 Å². The first-order valence-corrected chi connectivity index (χ1v) is 9.80. The van der Waals surface area contributed by atoms with Crippen molar-refractivity contribution in [2.45, 2.75) is 17.1 Å². The Kier molecular flexibility index (Phi) is 5.41. The topological polar surface area (TPSA) is 76.4 Å². The summed E-state index contributed by atoms with van der Waals surface area (Å²) in [7, 11) is -3.90. The highest BCUT2D eigenvalue weighted by Crippen LogP contribution is 2.29. The fraction of sp³-hybridized carbons (Fsp3) is 0.150. The second kappa shape index (κ2) is 7.75. The van der Waals surface area contributed by atoms with Crippen LogP contribution in [0.1, 0.15) is 26.9 Å². The van der Waals surface area contributed by atoms with E-state index in [1.165, 1.54) is 24.5 Å². The fourth-order valence-electron chi connectivity index (χ4n) is 2.62. The molecule has 2 aromatic carbocycles. The maximum absolute atomic E-state index is 13.1. The number of amides is 1. The highest BCUT2D eigenvalue weighted by atomic mass is 32.2. The molecule has 3 aromatic rings. The largest absolute Gasteiger partial charge is 0.468 e. The number of halogens is 1. The Bertz CT molecular complexity index is 1010. The summed E-state index contributed by atoms with van der Waals surface area (Å²) in [6.45, 7) is 1.73. The van der Waals surface area contributed by atoms with Crippen molar-refractivity contribution in [3.63, 3.8) is 0 Å². The maximum Gasteiger partial charge on any atom is 0.251 e. The van der Waals surface area contributed by atoms with Crippen molar-refractivity contribution < 1.29 is 22.0 Å². The van der Waals surface area contributed by atoms with E-state index in [1.54, 1.807) is 30.3 Å². The summed E-state index contributed by atoms with van der Waals surface area (Å²) >= 11 is 0. The molecule has 1 aromatic heterocycles. The summed E-state index contributed by atoms with van der Waals surface area (Å²) in [4.78, 5) is 12.3. The summed E-state index contributed by atoms with van der Waals surface area (Å²) in [5, 5.41) is 1.51. The van der Waals surface area contributed by atoms with Gasteiger partial charge in [-0.2, -0.15) is 0 Å². The quantitative estimate of drug-likeness (QED) is 0.655. The molecule has 0 bridgehead atoms. The number of nitrogens with one attached hydrogen (secondary N) is 1. The van der Waals surface area contributed by atoms with Gasteiger partial charge in [0.15, 0.2) is 9.84 Å². The first-order chi connectivity index (χ1) is 12.9. The van der Waals surface area contributed by atoms with Gasteiger partial charge in [-0.1, -0.05) is 17.7 Å². The van der Waals surface area contributed by atoms with Crippen LogP contribution in [0.2, 0.25) is 0 Å². The van der Waals surface area contributed by atoms with E-state index >= 15 is 0 Å². The molecule has 5 nitrogen and oxygen atoms in total. The van der Waals surface area contributed by atoms with Crippen LogP contribution in [0.25, 0.3) is 0 Å². The number of rotatable bonds is 6. The monoisotopic (exact) mass is 387 g/mol. The number of carbonyl (C=O) groups is 1. The van der Waals surface area contributed by atoms with Gasteiger partial charge >= 0.3 is 0 Å². The van der Waals surface area contributed by atoms with Gasteiger partial charge in [-0.3, -0.25) is 4.79 Å². The molecule has 1 heterocycles. The van der Waals surface area contributed by atoms with Gasteiger partial charge in [0.2, 0.25) is 0 Å². The molecule has 0 unspecified atom stereocenters. The first kappa shape index (κ1) is 18.8. The van der Waals surface area contributed by atoms with Crippen LogP contribution in [0.15, 0.2) is 76.2 Å². The average Bonchev–Trinajstić information content (AvgIpc) is 3.16. The van der Waals surface area contributed by atoms with Crippen LogP contribution in [-0.2, 0) is 9.84 Å². The summed E-state index contributed by atoms with van der Waals surface area (Å²) in [6.07, 6.45) is 1.37. The summed E-state index contributed by atoms with van der Waals surface area (Å²) in [6, 6.07) is 14.6. The molecule has 0 saturated heterocycles. The van der Waals surface area contributed by atoms with Crippen LogP contribution in [0.4, 0.5) is 4.39 Å². The first-order valence-electron chi connectivity index (χ1n) is 8.25. The van der Waals surface area contributed by atoms with Gasteiger partial charge in [-0.05, 0) is 55.5 Å². The van der Waals surface area contributed by atoms with Crippen LogP contribution in [0, 0.1) is 12.7 Å². The smallest absolute Gasteiger partial charge is 0.251 e. The van der Waals surface area contributed by atoms with E-state index in [2.05, 4.69) is 5.32 Å². The minimum absolute atomic E-state index is 0.0464. The molecule has 0 aliphatic rings. The van der Waals surface area contributed by atoms with Gasteiger partial charge in [-0.25, -0.2) is 12.8 Å². The number of aryl methyl sites for hydroxylation is 1. The number of furan rings is 1. The van der Waals surface area contributed by atoms with E-state index in [4.69, 9.17) is 4.42 Å². The lowest BCUT2D eigenvalue weighted by Gasteiger charge is -2.17. The Morgan fingerprint density at radius 3 is 2.33 bits per heavy atom. The van der Waals surface area contributed by atoms with E-state index in [0.717, 1.165) is 17.7 Å². The Morgan fingerprint density at radius 1 is 1.07 bits per heavy atom. The Hall–Kier alpha value is -2.93. The van der Waals surface area contributed by atoms with Crippen molar-refractivity contribution in [1.29, 1.82) is 0 Å². The average molecular weight is 387 g/mol. The molecule has 140 valence electrons. The number of benzene rings is 2. The summed E-state index contributed by atoms with van der Waals surface area (Å²) in [5.41, 5.74) is 1.44. The number of hydrogen-bond acceptors (Lipinski definition) is 4. The lowest BCUT2D eigenvalue weighted by molar-refractivity contribution is 0.0953. The van der Waals surface area contributed by atoms with Crippen molar-refractivity contribution in [2.75, 3.05) is 6.54 Å². The maximum atomic E-state index is 13.1. The number of carbonyl (C=O) groups excluding carboxylic acids is 1. The summed E-state index contributed by atoms with van der Waals surface area (Å²) in [5.74, 6) is -0.722. The Labute approximate surface area is 156 Å². The molecule has 0 radical (unpaired) electrons. The van der Waals surface area contributed by atoms with Gasteiger partial charge in [0.25, 0.3) is 5.91 Å². The molecule has 7 heteroatoms. The molecule has 0 fully saturated rings. The standard InChI is InChI=1S/C20H18FNO4S/c1-14-4-6-15(7-5-14)20(23)22-13-19(18-3-2-12-26-18)27(24,25)17-10-8-16(21)9-11-17/h2-12,19H,13H2,1H3,(H,22,23)/t19-/m1/s1. The molecule has 0 saturated carbocycles. The highest BCUT2D eigenvalue weighted by molar-refractivity contribution is 7.91. The Morgan fingerprint density at radius 2 is 1.74 bits per heavy atom. The zero-order valence-corrected chi connectivity index (χ0v) is 15.4. The van der Waals surface area contributed by atoms with Gasteiger partial charge in [-0.15, -0.1) is 0 Å². The third-order valence-corrected chi connectivity index (χ3v) is 6.22. The third kappa shape index (κ3) is 4.25. The van der Waals surface area contributed by atoms with Gasteiger partial charge in [0.1, 0.15) is 16.8 Å². The Balaban J connectivity index is 1.85. The van der Waals surface area contributed by atoms with Crippen LogP contribution in [0.3, 0.4) is 0 Å². The van der Waals surface area contributed by atoms with E-state index < -0.39 is 20.9 Å². The second-order valence-corrected chi connectivity index (χ2v) is 8.21. The van der Waals surface area contributed by atoms with E-state index in [9.17, 15) is 17.6 Å². The molecule has 1 N–H and O–H groups in total. The van der Waals surface area contributed by atoms with Crippen LogP contribution < -0.4 is 5.32 Å². The molecule has 3 rings (SSSR count). The molecule has 27 heavy (non-hydrogen) atoms. The fourth-order valence-corrected chi connectivity index (χ4v) is 4.21. The minimum Gasteiger partial charge on any atom is -0.468 e. The molecule has 0 spiro atoms. The van der Waals surface area contributed by atoms with Crippen LogP contribution >= 0.6 is 0 Å². The van der Waals surface area contributed by atoms with Gasteiger partial charge in [0.05, 0.1) is 11.2 Å². The van der Waals surface area contributed by atoms with E-state index in [1.807, 2.05) is 6.92 Å². The predicted octanol–water partition coefficient (Wildman–Crippen LogP) is 3.67. The lowest BCUT2D eigenvalue weighted by atomic mass is 10.1. The van der Waals surface area contributed by atoms with Crippen molar-refractivity contribution in [3.05, 3.63) is 89.6 Å². The van der Waals surface area contributed by atoms with Crippen molar-refractivity contribution >= 4 is 15.7 Å². The van der Waals surface area contributed by atoms with Gasteiger partial charge < -0.3 is 9.73 Å². The molecule has 0 aliphatic carbocycles. The molecule has 1 amide bonds. The molecule has 1 atom stereocenters. The SMILES string of the molecule is Cc1ccc(C(=O)NC[C@H](c2ccco2)S(=O)(=O)c2ccc(F)cc2)cc1. The van der Waals surface area contributed by atoms with E-state index in [0.29, 0.717) is 5.56 Å². The normalized spacial score (nSPS) is 12.5. The van der Waals surface area contributed by atoms with Crippen LogP contribution in [0.5, 0.6) is 0 Å². The van der Waals surface area contributed by atoms with Crippen LogP contribution in [-0.4, -0.2) is 20.9 Å². The zero-order valence-electron chi connectivity index (χ0n) is 14.6. The molecule has 0 aliphatic heterocycles. The lowest BCUT2D eigenvalue weighted by Crippen LogP contribution is -2.31. The predicted molar refractivity (Wildman–Crippen MR) is 98.5 cm³/mol. The van der Waals surface area contributed by atoms with Gasteiger partial charge in [0, 0.05) is 12.1 Å². The van der Waals surface area contributed by atoms with E-state index in [-0.39, 0.29) is 23.1 Å². The molecular formula is C20H18FNO4S. The summed E-state index contributed by atoms with van der Waals surface area (Å²) < 4.78 is 44.4. The number of hydrogen-bond donors (Lipinski definition) is 1. The molecular weight excluding hydrogens is 369 g/mol.